The first-order valence-electron chi connectivity index (χ1n) is 8.92. The molecule has 1 saturated heterocycles. The molecule has 0 aromatic heterocycles. The number of hydrogen-bond donors (Lipinski definition) is 1. The van der Waals surface area contributed by atoms with Gasteiger partial charge in [0.25, 0.3) is 0 Å². The summed E-state index contributed by atoms with van der Waals surface area (Å²) in [5.74, 6) is 0.132. The molecule has 1 aliphatic heterocycles. The molecule has 0 aliphatic carbocycles. The van der Waals surface area contributed by atoms with Crippen molar-refractivity contribution in [2.24, 2.45) is 0 Å². The molecule has 132 valence electrons. The van der Waals surface area contributed by atoms with E-state index in [1.54, 1.807) is 19.0 Å². The number of likely N-dealkylation sites (tertiary alicyclic amines) is 1. The predicted molar refractivity (Wildman–Crippen MR) is 103 cm³/mol. The number of benzene rings is 2. The maximum atomic E-state index is 11.8. The monoisotopic (exact) mass is 337 g/mol. The van der Waals surface area contributed by atoms with Crippen LogP contribution in [-0.2, 0) is 17.8 Å². The summed E-state index contributed by atoms with van der Waals surface area (Å²) in [6, 6.07) is 19.4. The molecule has 0 spiro atoms. The first-order chi connectivity index (χ1) is 12.1. The summed E-state index contributed by atoms with van der Waals surface area (Å²) >= 11 is 0. The molecule has 4 nitrogen and oxygen atoms in total. The van der Waals surface area contributed by atoms with Crippen molar-refractivity contribution in [1.82, 2.24) is 9.80 Å². The second-order valence-electron chi connectivity index (χ2n) is 7.01. The van der Waals surface area contributed by atoms with Crippen LogP contribution in [-0.4, -0.2) is 48.9 Å². The van der Waals surface area contributed by atoms with Gasteiger partial charge >= 0.3 is 0 Å². The molecule has 1 aliphatic rings. The summed E-state index contributed by atoms with van der Waals surface area (Å²) in [7, 11) is 3.58. The van der Waals surface area contributed by atoms with E-state index < -0.39 is 0 Å². The Morgan fingerprint density at radius 3 is 2.48 bits per heavy atom. The van der Waals surface area contributed by atoms with Crippen LogP contribution in [0.25, 0.3) is 0 Å². The molecule has 0 bridgehead atoms. The lowest BCUT2D eigenvalue weighted by molar-refractivity contribution is -0.127. The van der Waals surface area contributed by atoms with E-state index in [4.69, 9.17) is 0 Å². The Labute approximate surface area is 150 Å². The summed E-state index contributed by atoms with van der Waals surface area (Å²) in [4.78, 5) is 15.9. The van der Waals surface area contributed by atoms with E-state index >= 15 is 0 Å². The average Bonchev–Trinajstić information content (AvgIpc) is 3.04. The van der Waals surface area contributed by atoms with Gasteiger partial charge in [0.15, 0.2) is 0 Å². The Morgan fingerprint density at radius 2 is 1.80 bits per heavy atom. The van der Waals surface area contributed by atoms with Gasteiger partial charge in [-0.05, 0) is 29.7 Å². The number of amides is 1. The van der Waals surface area contributed by atoms with Crippen LogP contribution in [0.5, 0.6) is 0 Å². The van der Waals surface area contributed by atoms with Gasteiger partial charge in [0, 0.05) is 45.5 Å². The second kappa shape index (κ2) is 8.17. The lowest BCUT2D eigenvalue weighted by Crippen LogP contribution is -2.26. The Hall–Kier alpha value is -2.33. The third-order valence-electron chi connectivity index (χ3n) is 4.70. The van der Waals surface area contributed by atoms with Crippen molar-refractivity contribution in [3.63, 3.8) is 0 Å². The fraction of sp³-hybridized carbons (Fsp3) is 0.381. The van der Waals surface area contributed by atoms with Gasteiger partial charge < -0.3 is 10.2 Å². The number of carbonyl (C=O) groups excluding carboxylic acids is 1. The maximum Gasteiger partial charge on any atom is 0.226 e. The summed E-state index contributed by atoms with van der Waals surface area (Å²) in [6.45, 7) is 3.21. The third kappa shape index (κ3) is 5.07. The molecule has 1 heterocycles. The average molecular weight is 337 g/mol. The topological polar surface area (TPSA) is 35.6 Å². The maximum absolute atomic E-state index is 11.8. The van der Waals surface area contributed by atoms with Crippen molar-refractivity contribution in [3.05, 3.63) is 65.7 Å². The summed E-state index contributed by atoms with van der Waals surface area (Å²) in [5.41, 5.74) is 3.56. The molecule has 4 heteroatoms. The lowest BCUT2D eigenvalue weighted by Gasteiger charge is -2.18. The van der Waals surface area contributed by atoms with E-state index in [0.29, 0.717) is 12.5 Å². The molecule has 0 radical (unpaired) electrons. The Balaban J connectivity index is 1.49. The van der Waals surface area contributed by atoms with Crippen LogP contribution in [0.2, 0.25) is 0 Å². The van der Waals surface area contributed by atoms with Gasteiger partial charge in [0.1, 0.15) is 0 Å². The van der Waals surface area contributed by atoms with E-state index in [-0.39, 0.29) is 5.91 Å². The summed E-state index contributed by atoms with van der Waals surface area (Å²) in [5, 5.41) is 3.62. The number of carbonyl (C=O) groups is 1. The molecule has 25 heavy (non-hydrogen) atoms. The number of nitrogens with zero attached hydrogens (tertiary/aromatic N) is 2. The summed E-state index contributed by atoms with van der Waals surface area (Å²) < 4.78 is 0. The largest absolute Gasteiger partial charge is 0.381 e. The van der Waals surface area contributed by atoms with Crippen LogP contribution in [0.4, 0.5) is 5.69 Å². The fourth-order valence-corrected chi connectivity index (χ4v) is 3.22. The summed E-state index contributed by atoms with van der Waals surface area (Å²) in [6.07, 6.45) is 1.62. The molecule has 1 fully saturated rings. The standard InChI is InChI=1S/C21H27N3O/c1-23(2)21(25)14-17-8-10-19(11-9-17)22-20-12-13-24(16-20)15-18-6-4-3-5-7-18/h3-11,20,22H,12-16H2,1-2H3. The molecule has 1 amide bonds. The van der Waals surface area contributed by atoms with Crippen molar-refractivity contribution >= 4 is 11.6 Å². The van der Waals surface area contributed by atoms with Crippen LogP contribution >= 0.6 is 0 Å². The molecule has 1 atom stereocenters. The Bertz CT molecular complexity index is 682. The van der Waals surface area contributed by atoms with Crippen molar-refractivity contribution in [1.29, 1.82) is 0 Å². The molecule has 2 aromatic carbocycles. The zero-order valence-corrected chi connectivity index (χ0v) is 15.1. The van der Waals surface area contributed by atoms with Gasteiger partial charge in [-0.15, -0.1) is 0 Å². The Morgan fingerprint density at radius 1 is 1.08 bits per heavy atom. The quantitative estimate of drug-likeness (QED) is 0.880. The fourth-order valence-electron chi connectivity index (χ4n) is 3.22. The van der Waals surface area contributed by atoms with Gasteiger partial charge in [-0.25, -0.2) is 0 Å². The van der Waals surface area contributed by atoms with E-state index in [1.807, 2.05) is 12.1 Å². The minimum absolute atomic E-state index is 0.132. The van der Waals surface area contributed by atoms with Crippen LogP contribution in [0.15, 0.2) is 54.6 Å². The van der Waals surface area contributed by atoms with Gasteiger partial charge in [-0.2, -0.15) is 0 Å². The van der Waals surface area contributed by atoms with E-state index in [2.05, 4.69) is 52.7 Å². The third-order valence-corrected chi connectivity index (χ3v) is 4.70. The highest BCUT2D eigenvalue weighted by atomic mass is 16.2. The van der Waals surface area contributed by atoms with Crippen molar-refractivity contribution < 1.29 is 4.79 Å². The van der Waals surface area contributed by atoms with Crippen LogP contribution < -0.4 is 5.32 Å². The van der Waals surface area contributed by atoms with E-state index in [9.17, 15) is 4.79 Å². The number of rotatable bonds is 6. The van der Waals surface area contributed by atoms with E-state index in [0.717, 1.165) is 37.3 Å². The van der Waals surface area contributed by atoms with Crippen LogP contribution in [0.3, 0.4) is 0 Å². The molecule has 3 rings (SSSR count). The number of anilines is 1. The molecule has 1 N–H and O–H groups in total. The normalized spacial score (nSPS) is 17.4. The predicted octanol–water partition coefficient (Wildman–Crippen LogP) is 3.00. The van der Waals surface area contributed by atoms with Gasteiger partial charge in [-0.1, -0.05) is 42.5 Å². The Kier molecular flexibility index (Phi) is 5.71. The van der Waals surface area contributed by atoms with Crippen molar-refractivity contribution in [2.45, 2.75) is 25.4 Å². The lowest BCUT2D eigenvalue weighted by atomic mass is 10.1. The second-order valence-corrected chi connectivity index (χ2v) is 7.01. The molecule has 0 saturated carbocycles. The zero-order valence-electron chi connectivity index (χ0n) is 15.1. The minimum Gasteiger partial charge on any atom is -0.381 e. The number of likely N-dealkylation sites (N-methyl/N-ethyl adjacent to an activating group) is 1. The zero-order chi connectivity index (χ0) is 17.6. The first kappa shape index (κ1) is 17.5. The highest BCUT2D eigenvalue weighted by Gasteiger charge is 2.22. The SMILES string of the molecule is CN(C)C(=O)Cc1ccc(NC2CCN(Cc3ccccc3)C2)cc1. The molecular weight excluding hydrogens is 310 g/mol. The smallest absolute Gasteiger partial charge is 0.226 e. The number of nitrogens with one attached hydrogen (secondary N) is 1. The van der Waals surface area contributed by atoms with Crippen LogP contribution in [0, 0.1) is 0 Å². The van der Waals surface area contributed by atoms with Crippen LogP contribution in [0.1, 0.15) is 17.5 Å². The minimum atomic E-state index is 0.132. The number of hydrogen-bond acceptors (Lipinski definition) is 3. The highest BCUT2D eigenvalue weighted by molar-refractivity contribution is 5.78. The molecule has 2 aromatic rings. The van der Waals surface area contributed by atoms with Gasteiger partial charge in [-0.3, -0.25) is 9.69 Å². The van der Waals surface area contributed by atoms with E-state index in [1.165, 1.54) is 5.56 Å². The first-order valence-corrected chi connectivity index (χ1v) is 8.92. The molecule has 1 unspecified atom stereocenters. The van der Waals surface area contributed by atoms with Crippen molar-refractivity contribution in [2.75, 3.05) is 32.5 Å². The van der Waals surface area contributed by atoms with Crippen molar-refractivity contribution in [3.8, 4) is 0 Å². The van der Waals surface area contributed by atoms with Gasteiger partial charge in [0.05, 0.1) is 6.42 Å². The van der Waals surface area contributed by atoms with Gasteiger partial charge in [0.2, 0.25) is 5.91 Å². The highest BCUT2D eigenvalue weighted by Crippen LogP contribution is 2.18. The molecular formula is C21H27N3O.